The third-order valence-electron chi connectivity index (χ3n) is 2.96. The van der Waals surface area contributed by atoms with Crippen molar-refractivity contribution in [3.63, 3.8) is 0 Å². The van der Waals surface area contributed by atoms with Gasteiger partial charge in [0.2, 0.25) is 15.9 Å². The first-order chi connectivity index (χ1) is 10.3. The van der Waals surface area contributed by atoms with E-state index in [-0.39, 0.29) is 23.6 Å². The molecule has 0 aromatic heterocycles. The molecular formula is C14H20N2O5S. The Kier molecular flexibility index (Phi) is 6.51. The van der Waals surface area contributed by atoms with Crippen molar-refractivity contribution in [2.24, 2.45) is 0 Å². The maximum atomic E-state index is 12.2. The van der Waals surface area contributed by atoms with Crippen molar-refractivity contribution in [1.29, 1.82) is 0 Å². The van der Waals surface area contributed by atoms with Crippen molar-refractivity contribution in [3.8, 4) is 0 Å². The number of carbonyl (C=O) groups is 2. The van der Waals surface area contributed by atoms with Crippen molar-refractivity contribution in [1.82, 2.24) is 10.0 Å². The van der Waals surface area contributed by atoms with E-state index in [0.29, 0.717) is 6.54 Å². The molecule has 0 fully saturated rings. The van der Waals surface area contributed by atoms with Crippen LogP contribution in [0.25, 0.3) is 0 Å². The number of nitrogens with one attached hydrogen (secondary N) is 2. The molecule has 0 aliphatic carbocycles. The number of aliphatic carboxylic acids is 1. The lowest BCUT2D eigenvalue weighted by Gasteiger charge is -2.14. The maximum absolute atomic E-state index is 12.2. The summed E-state index contributed by atoms with van der Waals surface area (Å²) < 4.78 is 26.4. The summed E-state index contributed by atoms with van der Waals surface area (Å²) in [4.78, 5) is 22.5. The van der Waals surface area contributed by atoms with Gasteiger partial charge in [-0.1, -0.05) is 17.7 Å². The summed E-state index contributed by atoms with van der Waals surface area (Å²) in [5.74, 6) is -1.64. The van der Waals surface area contributed by atoms with Crippen molar-refractivity contribution in [2.75, 3.05) is 6.54 Å². The van der Waals surface area contributed by atoms with Crippen LogP contribution in [0.3, 0.4) is 0 Å². The van der Waals surface area contributed by atoms with Crippen LogP contribution in [0, 0.1) is 6.92 Å². The SMILES string of the molecule is CCNC(=O)CC[C@H](NS(=O)(=O)c1ccc(C)cc1)C(=O)O. The number of aryl methyl sites for hydroxylation is 1. The average Bonchev–Trinajstić information content (AvgIpc) is 2.44. The first-order valence-electron chi connectivity index (χ1n) is 6.84. The molecule has 0 unspecified atom stereocenters. The summed E-state index contributed by atoms with van der Waals surface area (Å²) >= 11 is 0. The highest BCUT2D eigenvalue weighted by molar-refractivity contribution is 7.89. The molecule has 1 atom stereocenters. The fraction of sp³-hybridized carbons (Fsp3) is 0.429. The lowest BCUT2D eigenvalue weighted by molar-refractivity contribution is -0.139. The lowest BCUT2D eigenvalue weighted by Crippen LogP contribution is -2.41. The van der Waals surface area contributed by atoms with Crippen LogP contribution in [0.5, 0.6) is 0 Å². The van der Waals surface area contributed by atoms with Crippen molar-refractivity contribution < 1.29 is 23.1 Å². The summed E-state index contributed by atoms with van der Waals surface area (Å²) in [6.07, 6.45) is -0.187. The number of rotatable bonds is 8. The van der Waals surface area contributed by atoms with Gasteiger partial charge in [-0.05, 0) is 32.4 Å². The predicted octanol–water partition coefficient (Wildman–Crippen LogP) is 0.643. The molecule has 0 aliphatic rings. The van der Waals surface area contributed by atoms with Crippen molar-refractivity contribution in [2.45, 2.75) is 37.6 Å². The molecule has 0 radical (unpaired) electrons. The smallest absolute Gasteiger partial charge is 0.321 e. The second-order valence-corrected chi connectivity index (χ2v) is 6.53. The standard InChI is InChI=1S/C14H20N2O5S/c1-3-15-13(17)9-8-12(14(18)19)16-22(20,21)11-6-4-10(2)5-7-11/h4-7,12,16H,3,8-9H2,1-2H3,(H,15,17)(H,18,19)/t12-/m0/s1. The highest BCUT2D eigenvalue weighted by atomic mass is 32.2. The van der Waals surface area contributed by atoms with Gasteiger partial charge in [-0.25, -0.2) is 8.42 Å². The summed E-state index contributed by atoms with van der Waals surface area (Å²) in [5.41, 5.74) is 0.893. The van der Waals surface area contributed by atoms with Crippen LogP contribution in [0.15, 0.2) is 29.2 Å². The molecule has 0 heterocycles. The molecule has 0 spiro atoms. The molecule has 122 valence electrons. The number of sulfonamides is 1. The Balaban J connectivity index is 2.79. The minimum Gasteiger partial charge on any atom is -0.480 e. The minimum atomic E-state index is -3.94. The fourth-order valence-electron chi connectivity index (χ4n) is 1.77. The van der Waals surface area contributed by atoms with Crippen molar-refractivity contribution in [3.05, 3.63) is 29.8 Å². The second kappa shape index (κ2) is 7.90. The molecule has 0 saturated carbocycles. The number of carboxylic acids is 1. The van der Waals surface area contributed by atoms with Gasteiger partial charge in [-0.3, -0.25) is 9.59 Å². The Morgan fingerprint density at radius 1 is 1.23 bits per heavy atom. The highest BCUT2D eigenvalue weighted by Crippen LogP contribution is 2.12. The summed E-state index contributed by atoms with van der Waals surface area (Å²) in [6, 6.07) is 4.70. The second-order valence-electron chi connectivity index (χ2n) is 4.82. The summed E-state index contributed by atoms with van der Waals surface area (Å²) in [5, 5.41) is 11.6. The molecule has 1 rings (SSSR count). The van der Waals surface area contributed by atoms with Gasteiger partial charge < -0.3 is 10.4 Å². The van der Waals surface area contributed by atoms with E-state index in [1.54, 1.807) is 19.1 Å². The number of carbonyl (C=O) groups excluding carboxylic acids is 1. The van der Waals surface area contributed by atoms with E-state index in [9.17, 15) is 18.0 Å². The first kappa shape index (κ1) is 18.1. The van der Waals surface area contributed by atoms with E-state index in [2.05, 4.69) is 10.0 Å². The Labute approximate surface area is 129 Å². The zero-order chi connectivity index (χ0) is 16.8. The van der Waals surface area contributed by atoms with Crippen LogP contribution in [-0.2, 0) is 19.6 Å². The lowest BCUT2D eigenvalue weighted by atomic mass is 10.1. The molecule has 8 heteroatoms. The number of benzene rings is 1. The van der Waals surface area contributed by atoms with Gasteiger partial charge in [-0.2, -0.15) is 4.72 Å². The van der Waals surface area contributed by atoms with Crippen LogP contribution in [0.2, 0.25) is 0 Å². The van der Waals surface area contributed by atoms with Crippen LogP contribution in [-0.4, -0.2) is 38.0 Å². The number of hydrogen-bond acceptors (Lipinski definition) is 4. The van der Waals surface area contributed by atoms with E-state index >= 15 is 0 Å². The van der Waals surface area contributed by atoms with E-state index in [1.165, 1.54) is 12.1 Å². The van der Waals surface area contributed by atoms with Gasteiger partial charge in [0.1, 0.15) is 6.04 Å². The summed E-state index contributed by atoms with van der Waals surface area (Å²) in [7, 11) is -3.94. The molecule has 7 nitrogen and oxygen atoms in total. The van der Waals surface area contributed by atoms with E-state index < -0.39 is 22.0 Å². The van der Waals surface area contributed by atoms with Crippen molar-refractivity contribution >= 4 is 21.9 Å². The molecule has 1 amide bonds. The molecular weight excluding hydrogens is 308 g/mol. The monoisotopic (exact) mass is 328 g/mol. The summed E-state index contributed by atoms with van der Waals surface area (Å²) in [6.45, 7) is 3.99. The van der Waals surface area contributed by atoms with Crippen LogP contribution < -0.4 is 10.0 Å². The fourth-order valence-corrected chi connectivity index (χ4v) is 2.99. The highest BCUT2D eigenvalue weighted by Gasteiger charge is 2.25. The van der Waals surface area contributed by atoms with Gasteiger partial charge >= 0.3 is 5.97 Å². The number of carboxylic acid groups (broad SMARTS) is 1. The molecule has 0 aliphatic heterocycles. The normalized spacial score (nSPS) is 12.6. The molecule has 0 saturated heterocycles. The third-order valence-corrected chi connectivity index (χ3v) is 4.45. The Morgan fingerprint density at radius 3 is 2.32 bits per heavy atom. The zero-order valence-corrected chi connectivity index (χ0v) is 13.3. The molecule has 1 aromatic rings. The van der Waals surface area contributed by atoms with Gasteiger partial charge in [0.15, 0.2) is 0 Å². The van der Waals surface area contributed by atoms with E-state index in [4.69, 9.17) is 5.11 Å². The maximum Gasteiger partial charge on any atom is 0.321 e. The molecule has 3 N–H and O–H groups in total. The van der Waals surface area contributed by atoms with Crippen LogP contribution >= 0.6 is 0 Å². The average molecular weight is 328 g/mol. The predicted molar refractivity (Wildman–Crippen MR) is 80.8 cm³/mol. The van der Waals surface area contributed by atoms with Gasteiger partial charge in [0.25, 0.3) is 0 Å². The van der Waals surface area contributed by atoms with Gasteiger partial charge in [0, 0.05) is 13.0 Å². The van der Waals surface area contributed by atoms with E-state index in [0.717, 1.165) is 5.56 Å². The molecule has 0 bridgehead atoms. The molecule has 1 aromatic carbocycles. The van der Waals surface area contributed by atoms with Crippen LogP contribution in [0.4, 0.5) is 0 Å². The zero-order valence-electron chi connectivity index (χ0n) is 12.5. The minimum absolute atomic E-state index is 0.0117. The largest absolute Gasteiger partial charge is 0.480 e. The number of amides is 1. The number of hydrogen-bond donors (Lipinski definition) is 3. The van der Waals surface area contributed by atoms with Gasteiger partial charge in [-0.15, -0.1) is 0 Å². The Hall–Kier alpha value is -1.93. The van der Waals surface area contributed by atoms with Gasteiger partial charge in [0.05, 0.1) is 4.90 Å². The molecule has 22 heavy (non-hydrogen) atoms. The topological polar surface area (TPSA) is 113 Å². The van der Waals surface area contributed by atoms with Crippen LogP contribution in [0.1, 0.15) is 25.3 Å². The Bertz CT molecular complexity index is 625. The first-order valence-corrected chi connectivity index (χ1v) is 8.33. The quantitative estimate of drug-likeness (QED) is 0.648. The Morgan fingerprint density at radius 2 is 1.82 bits per heavy atom. The van der Waals surface area contributed by atoms with E-state index in [1.807, 2.05) is 6.92 Å². The third kappa shape index (κ3) is 5.45.